The van der Waals surface area contributed by atoms with E-state index in [0.717, 1.165) is 52.1 Å². The van der Waals surface area contributed by atoms with E-state index in [4.69, 9.17) is 14.2 Å². The molecular formula is C28H27N3O4. The molecule has 0 spiro atoms. The van der Waals surface area contributed by atoms with Gasteiger partial charge in [0.05, 0.1) is 31.0 Å². The van der Waals surface area contributed by atoms with E-state index in [1.165, 1.54) is 0 Å². The van der Waals surface area contributed by atoms with Gasteiger partial charge < -0.3 is 19.5 Å². The molecule has 178 valence electrons. The number of carbonyl (C=O) groups excluding carboxylic acids is 1. The number of aryl methyl sites for hydroxylation is 1. The highest BCUT2D eigenvalue weighted by Gasteiger charge is 2.47. The summed E-state index contributed by atoms with van der Waals surface area (Å²) in [5.41, 5.74) is 3.63. The lowest BCUT2D eigenvalue weighted by molar-refractivity contribution is 0.0930. The van der Waals surface area contributed by atoms with Crippen LogP contribution >= 0.6 is 0 Å². The summed E-state index contributed by atoms with van der Waals surface area (Å²) in [4.78, 5) is 22.2. The molecule has 1 aliphatic rings. The minimum atomic E-state index is -0.444. The molecule has 2 aromatic carbocycles. The van der Waals surface area contributed by atoms with Gasteiger partial charge in [0.25, 0.3) is 5.91 Å². The maximum Gasteiger partial charge on any atom is 0.252 e. The Labute approximate surface area is 204 Å². The molecule has 2 heterocycles. The minimum absolute atomic E-state index is 0.134. The summed E-state index contributed by atoms with van der Waals surface area (Å²) in [5, 5.41) is 4.31. The van der Waals surface area contributed by atoms with E-state index in [0.29, 0.717) is 11.3 Å². The van der Waals surface area contributed by atoms with Crippen LogP contribution in [-0.4, -0.2) is 30.1 Å². The van der Waals surface area contributed by atoms with Gasteiger partial charge in [-0.15, -0.1) is 0 Å². The summed E-state index contributed by atoms with van der Waals surface area (Å²) in [7, 11) is 3.25. The number of methoxy groups -OCH3 is 2. The predicted octanol–water partition coefficient (Wildman–Crippen LogP) is 4.95. The highest BCUT2D eigenvalue weighted by atomic mass is 16.5. The van der Waals surface area contributed by atoms with Crippen molar-refractivity contribution < 1.29 is 19.0 Å². The molecule has 5 rings (SSSR count). The average Bonchev–Trinajstić information content (AvgIpc) is 3.67. The van der Waals surface area contributed by atoms with Gasteiger partial charge >= 0.3 is 0 Å². The van der Waals surface area contributed by atoms with Crippen LogP contribution in [0.5, 0.6) is 17.2 Å². The number of pyridine rings is 2. The number of aromatic nitrogens is 2. The highest BCUT2D eigenvalue weighted by molar-refractivity contribution is 5.97. The predicted molar refractivity (Wildman–Crippen MR) is 133 cm³/mol. The van der Waals surface area contributed by atoms with Gasteiger partial charge in [-0.1, -0.05) is 12.1 Å². The van der Waals surface area contributed by atoms with Crippen molar-refractivity contribution in [3.8, 4) is 17.2 Å². The Bertz CT molecular complexity index is 1400. The first-order valence-corrected chi connectivity index (χ1v) is 11.5. The van der Waals surface area contributed by atoms with Crippen LogP contribution in [0.2, 0.25) is 0 Å². The van der Waals surface area contributed by atoms with Crippen LogP contribution in [0.1, 0.15) is 40.0 Å². The third kappa shape index (κ3) is 4.62. The number of rotatable bonds is 8. The zero-order valence-electron chi connectivity index (χ0n) is 20.0. The number of carbonyl (C=O) groups is 1. The van der Waals surface area contributed by atoms with E-state index in [-0.39, 0.29) is 12.5 Å². The fourth-order valence-corrected chi connectivity index (χ4v) is 4.30. The molecule has 0 saturated heterocycles. The van der Waals surface area contributed by atoms with Crippen molar-refractivity contribution >= 4 is 16.8 Å². The van der Waals surface area contributed by atoms with Crippen LogP contribution < -0.4 is 19.5 Å². The summed E-state index contributed by atoms with van der Waals surface area (Å²) >= 11 is 0. The van der Waals surface area contributed by atoms with Crippen LogP contribution in [0.3, 0.4) is 0 Å². The Morgan fingerprint density at radius 2 is 1.77 bits per heavy atom. The van der Waals surface area contributed by atoms with Crippen LogP contribution in [-0.2, 0) is 12.1 Å². The van der Waals surface area contributed by atoms with Crippen molar-refractivity contribution in [1.82, 2.24) is 15.3 Å². The molecule has 7 nitrogen and oxygen atoms in total. The monoisotopic (exact) mass is 469 g/mol. The first-order chi connectivity index (χ1) is 17.0. The lowest BCUT2D eigenvalue weighted by atomic mass is 9.97. The fraction of sp³-hybridized carbons (Fsp3) is 0.250. The lowest BCUT2D eigenvalue weighted by Gasteiger charge is -2.21. The molecule has 1 amide bonds. The number of fused-ring (bicyclic) bond motifs is 1. The van der Waals surface area contributed by atoms with Crippen molar-refractivity contribution in [2.75, 3.05) is 14.2 Å². The van der Waals surface area contributed by atoms with Crippen molar-refractivity contribution in [2.45, 2.75) is 31.9 Å². The first kappa shape index (κ1) is 22.7. The SMILES string of the molecule is COc1ccnc(COc2ccc(C)c(C(=O)NC3(c4cc(OC)cc5ncccc45)CC3)c2)c1. The Hall–Kier alpha value is -4.13. The van der Waals surface area contributed by atoms with Gasteiger partial charge in [-0.2, -0.15) is 0 Å². The third-order valence-electron chi connectivity index (χ3n) is 6.41. The second kappa shape index (κ2) is 9.25. The molecule has 7 heteroatoms. The van der Waals surface area contributed by atoms with Crippen LogP contribution in [0.25, 0.3) is 10.9 Å². The van der Waals surface area contributed by atoms with E-state index in [1.54, 1.807) is 38.7 Å². The maximum absolute atomic E-state index is 13.5. The standard InChI is InChI=1S/C28H27N3O4/c1-18-6-7-21(35-17-19-13-20(33-2)8-12-29-19)14-24(18)27(32)31-28(9-10-28)25-15-22(34-3)16-26-23(25)5-4-11-30-26/h4-8,11-16H,9-10,17H2,1-3H3,(H,31,32). The molecule has 0 radical (unpaired) electrons. The van der Waals surface area contributed by atoms with Gasteiger partial charge in [-0.05, 0) is 61.2 Å². The number of hydrogen-bond acceptors (Lipinski definition) is 6. The summed E-state index contributed by atoms with van der Waals surface area (Å²) in [6.45, 7) is 2.20. The smallest absolute Gasteiger partial charge is 0.252 e. The number of benzene rings is 2. The molecule has 0 atom stereocenters. The Balaban J connectivity index is 1.38. The van der Waals surface area contributed by atoms with Crippen molar-refractivity contribution in [2.24, 2.45) is 0 Å². The molecule has 1 aliphatic carbocycles. The van der Waals surface area contributed by atoms with E-state index < -0.39 is 5.54 Å². The number of nitrogens with zero attached hydrogens (tertiary/aromatic N) is 2. The third-order valence-corrected chi connectivity index (χ3v) is 6.41. The summed E-state index contributed by atoms with van der Waals surface area (Å²) in [6.07, 6.45) is 5.15. The molecule has 1 N–H and O–H groups in total. The van der Waals surface area contributed by atoms with Gasteiger partial charge in [0.1, 0.15) is 23.9 Å². The summed E-state index contributed by atoms with van der Waals surface area (Å²) < 4.78 is 16.7. The molecule has 1 fully saturated rings. The number of nitrogens with one attached hydrogen (secondary N) is 1. The quantitative estimate of drug-likeness (QED) is 0.393. The summed E-state index contributed by atoms with van der Waals surface area (Å²) in [6, 6.07) is 17.0. The van der Waals surface area contributed by atoms with Gasteiger partial charge in [-0.3, -0.25) is 14.8 Å². The Morgan fingerprint density at radius 1 is 0.943 bits per heavy atom. The molecule has 4 aromatic rings. The van der Waals surface area contributed by atoms with Gasteiger partial charge in [0.15, 0.2) is 0 Å². The zero-order valence-corrected chi connectivity index (χ0v) is 20.0. The van der Waals surface area contributed by atoms with E-state index in [9.17, 15) is 4.79 Å². The topological polar surface area (TPSA) is 82.6 Å². The molecule has 1 saturated carbocycles. The molecule has 0 unspecified atom stereocenters. The largest absolute Gasteiger partial charge is 0.497 e. The fourth-order valence-electron chi connectivity index (χ4n) is 4.30. The van der Waals surface area contributed by atoms with Gasteiger partial charge in [0, 0.05) is 35.5 Å². The van der Waals surface area contributed by atoms with Gasteiger partial charge in [0.2, 0.25) is 0 Å². The van der Waals surface area contributed by atoms with Crippen LogP contribution in [0.4, 0.5) is 0 Å². The second-order valence-electron chi connectivity index (χ2n) is 8.73. The summed E-state index contributed by atoms with van der Waals surface area (Å²) in [5.74, 6) is 1.91. The second-order valence-corrected chi connectivity index (χ2v) is 8.73. The zero-order chi connectivity index (χ0) is 24.4. The first-order valence-electron chi connectivity index (χ1n) is 11.5. The number of ether oxygens (including phenoxy) is 3. The van der Waals surface area contributed by atoms with Crippen molar-refractivity contribution in [3.63, 3.8) is 0 Å². The van der Waals surface area contributed by atoms with Crippen LogP contribution in [0.15, 0.2) is 67.0 Å². The van der Waals surface area contributed by atoms with Gasteiger partial charge in [-0.25, -0.2) is 0 Å². The van der Waals surface area contributed by atoms with E-state index >= 15 is 0 Å². The van der Waals surface area contributed by atoms with Crippen molar-refractivity contribution in [1.29, 1.82) is 0 Å². The highest BCUT2D eigenvalue weighted by Crippen LogP contribution is 2.49. The molecule has 0 bridgehead atoms. The molecular weight excluding hydrogens is 442 g/mol. The van der Waals surface area contributed by atoms with Crippen molar-refractivity contribution in [3.05, 3.63) is 89.4 Å². The van der Waals surface area contributed by atoms with Crippen LogP contribution in [0, 0.1) is 6.92 Å². The normalized spacial score (nSPS) is 13.8. The van der Waals surface area contributed by atoms with E-state index in [2.05, 4.69) is 15.3 Å². The van der Waals surface area contributed by atoms with E-state index in [1.807, 2.05) is 49.4 Å². The number of hydrogen-bond donors (Lipinski definition) is 1. The average molecular weight is 470 g/mol. The maximum atomic E-state index is 13.5. The number of amides is 1. The Morgan fingerprint density at radius 3 is 2.54 bits per heavy atom. The molecule has 2 aromatic heterocycles. The molecule has 0 aliphatic heterocycles. The lowest BCUT2D eigenvalue weighted by Crippen LogP contribution is -2.35. The Kier molecular flexibility index (Phi) is 5.99. The molecule has 35 heavy (non-hydrogen) atoms. The minimum Gasteiger partial charge on any atom is -0.497 e.